The first kappa shape index (κ1) is 8.75. The molecule has 3 heteroatoms. The Hall–Kier alpha value is -0.830. The molecule has 0 saturated carbocycles. The molecule has 1 aliphatic rings. The highest BCUT2D eigenvalue weighted by atomic mass is 32.2. The first-order valence-corrected chi connectivity index (χ1v) is 5.52. The Morgan fingerprint density at radius 1 is 1.54 bits per heavy atom. The van der Waals surface area contributed by atoms with E-state index < -0.39 is 0 Å². The van der Waals surface area contributed by atoms with E-state index in [1.54, 1.807) is 6.20 Å². The molecule has 0 aliphatic carbocycles. The summed E-state index contributed by atoms with van der Waals surface area (Å²) in [6.45, 7) is 0. The van der Waals surface area contributed by atoms with Crippen LogP contribution < -0.4 is 0 Å². The summed E-state index contributed by atoms with van der Waals surface area (Å²) >= 11 is 1.84. The summed E-state index contributed by atoms with van der Waals surface area (Å²) in [5, 5.41) is 0. The first-order chi connectivity index (χ1) is 6.36. The molecule has 1 saturated heterocycles. The Bertz CT molecular complexity index is 295. The van der Waals surface area contributed by atoms with E-state index in [2.05, 4.69) is 4.98 Å². The van der Waals surface area contributed by atoms with Gasteiger partial charge in [0.2, 0.25) is 0 Å². The maximum atomic E-state index is 11.5. The van der Waals surface area contributed by atoms with Gasteiger partial charge in [-0.05, 0) is 12.1 Å². The number of pyridine rings is 1. The van der Waals surface area contributed by atoms with Crippen molar-refractivity contribution in [1.29, 1.82) is 0 Å². The van der Waals surface area contributed by atoms with Gasteiger partial charge in [0.15, 0.2) is 0 Å². The summed E-state index contributed by atoms with van der Waals surface area (Å²) in [5.41, 5.74) is 0.893. The minimum absolute atomic E-state index is 0.298. The molecule has 68 valence electrons. The number of hydrogen-bond donors (Lipinski definition) is 0. The van der Waals surface area contributed by atoms with Crippen molar-refractivity contribution in [1.82, 2.24) is 4.98 Å². The number of Topliss-reactive ketones (excluding diaryl/α,β-unsaturated/α-hetero) is 1. The third-order valence-corrected chi connectivity index (χ3v) is 3.45. The van der Waals surface area contributed by atoms with E-state index in [1.807, 2.05) is 30.0 Å². The van der Waals surface area contributed by atoms with Crippen LogP contribution in [0.4, 0.5) is 0 Å². The topological polar surface area (TPSA) is 30.0 Å². The van der Waals surface area contributed by atoms with Crippen LogP contribution in [0, 0.1) is 5.92 Å². The lowest BCUT2D eigenvalue weighted by atomic mass is 10.0. The van der Waals surface area contributed by atoms with E-state index in [4.69, 9.17) is 0 Å². The van der Waals surface area contributed by atoms with Crippen LogP contribution in [0.1, 0.15) is 5.69 Å². The van der Waals surface area contributed by atoms with Crippen LogP contribution in [0.25, 0.3) is 0 Å². The second kappa shape index (κ2) is 3.92. The summed E-state index contributed by atoms with van der Waals surface area (Å²) in [7, 11) is 0. The molecule has 0 N–H and O–H groups in total. The molecule has 0 radical (unpaired) electrons. The van der Waals surface area contributed by atoms with Crippen LogP contribution in [-0.2, 0) is 11.2 Å². The van der Waals surface area contributed by atoms with E-state index in [1.165, 1.54) is 0 Å². The van der Waals surface area contributed by atoms with Crippen LogP contribution in [0.3, 0.4) is 0 Å². The summed E-state index contributed by atoms with van der Waals surface area (Å²) in [6.07, 6.45) is 2.24. The Labute approximate surface area is 81.8 Å². The number of aromatic nitrogens is 1. The zero-order chi connectivity index (χ0) is 9.10. The minimum atomic E-state index is 0.298. The number of carbonyl (C=O) groups excluding carboxylic acids is 1. The first-order valence-electron chi connectivity index (χ1n) is 4.36. The van der Waals surface area contributed by atoms with E-state index >= 15 is 0 Å². The fourth-order valence-electron chi connectivity index (χ4n) is 1.25. The van der Waals surface area contributed by atoms with Crippen molar-refractivity contribution in [3.05, 3.63) is 30.1 Å². The molecule has 2 rings (SSSR count). The Morgan fingerprint density at radius 2 is 2.38 bits per heavy atom. The van der Waals surface area contributed by atoms with Gasteiger partial charge in [0.05, 0.1) is 0 Å². The van der Waals surface area contributed by atoms with Gasteiger partial charge in [-0.3, -0.25) is 9.78 Å². The average molecular weight is 193 g/mol. The standard InChI is InChI=1S/C10H11NOS/c12-10(8-6-13-7-8)5-9-3-1-2-4-11-9/h1-4,8H,5-7H2. The quantitative estimate of drug-likeness (QED) is 0.729. The molecule has 0 aromatic carbocycles. The molecular weight excluding hydrogens is 182 g/mol. The summed E-state index contributed by atoms with van der Waals surface area (Å²) in [6, 6.07) is 5.70. The lowest BCUT2D eigenvalue weighted by molar-refractivity contribution is -0.121. The lowest BCUT2D eigenvalue weighted by Gasteiger charge is -2.22. The van der Waals surface area contributed by atoms with Crippen LogP contribution in [-0.4, -0.2) is 22.3 Å². The largest absolute Gasteiger partial charge is 0.299 e. The zero-order valence-corrected chi connectivity index (χ0v) is 8.09. The SMILES string of the molecule is O=C(Cc1ccccn1)C1CSC1. The maximum Gasteiger partial charge on any atom is 0.143 e. The monoisotopic (exact) mass is 193 g/mol. The van der Waals surface area contributed by atoms with E-state index in [9.17, 15) is 4.79 Å². The fraction of sp³-hybridized carbons (Fsp3) is 0.400. The van der Waals surface area contributed by atoms with Gasteiger partial charge in [0.25, 0.3) is 0 Å². The van der Waals surface area contributed by atoms with E-state index in [0.29, 0.717) is 18.1 Å². The molecule has 0 atom stereocenters. The summed E-state index contributed by atoms with van der Waals surface area (Å²) in [4.78, 5) is 15.7. The van der Waals surface area contributed by atoms with Crippen LogP contribution in [0.15, 0.2) is 24.4 Å². The molecule has 1 fully saturated rings. The van der Waals surface area contributed by atoms with Crippen molar-refractivity contribution in [2.75, 3.05) is 11.5 Å². The second-order valence-electron chi connectivity index (χ2n) is 3.20. The highest BCUT2D eigenvalue weighted by Crippen LogP contribution is 2.25. The van der Waals surface area contributed by atoms with Crippen LogP contribution >= 0.6 is 11.8 Å². The smallest absolute Gasteiger partial charge is 0.143 e. The molecule has 2 heterocycles. The molecule has 0 spiro atoms. The number of ketones is 1. The van der Waals surface area contributed by atoms with Crippen molar-refractivity contribution < 1.29 is 4.79 Å². The second-order valence-corrected chi connectivity index (χ2v) is 4.27. The predicted molar refractivity (Wildman–Crippen MR) is 53.8 cm³/mol. The third-order valence-electron chi connectivity index (χ3n) is 2.17. The van der Waals surface area contributed by atoms with E-state index in [-0.39, 0.29) is 0 Å². The molecular formula is C10H11NOS. The molecule has 2 nitrogen and oxygen atoms in total. The van der Waals surface area contributed by atoms with Gasteiger partial charge in [0, 0.05) is 35.7 Å². The number of hydrogen-bond acceptors (Lipinski definition) is 3. The zero-order valence-electron chi connectivity index (χ0n) is 7.27. The van der Waals surface area contributed by atoms with Gasteiger partial charge in [-0.25, -0.2) is 0 Å². The van der Waals surface area contributed by atoms with Crippen molar-refractivity contribution in [3.63, 3.8) is 0 Å². The molecule has 1 aromatic rings. The van der Waals surface area contributed by atoms with Gasteiger partial charge >= 0.3 is 0 Å². The number of thioether (sulfide) groups is 1. The number of carbonyl (C=O) groups is 1. The van der Waals surface area contributed by atoms with Crippen molar-refractivity contribution in [3.8, 4) is 0 Å². The predicted octanol–water partition coefficient (Wildman–Crippen LogP) is 1.56. The summed E-state index contributed by atoms with van der Waals surface area (Å²) in [5.74, 6) is 2.65. The maximum absolute atomic E-state index is 11.5. The molecule has 1 aromatic heterocycles. The lowest BCUT2D eigenvalue weighted by Crippen LogP contribution is -2.28. The molecule has 1 aliphatic heterocycles. The van der Waals surface area contributed by atoms with Crippen LogP contribution in [0.2, 0.25) is 0 Å². The number of rotatable bonds is 3. The normalized spacial score (nSPS) is 16.6. The highest BCUT2D eigenvalue weighted by Gasteiger charge is 2.25. The Morgan fingerprint density at radius 3 is 2.92 bits per heavy atom. The molecule has 0 amide bonds. The van der Waals surface area contributed by atoms with Crippen molar-refractivity contribution in [2.45, 2.75) is 6.42 Å². The highest BCUT2D eigenvalue weighted by molar-refractivity contribution is 8.00. The van der Waals surface area contributed by atoms with Gasteiger partial charge in [-0.15, -0.1) is 0 Å². The Kier molecular flexibility index (Phi) is 2.64. The van der Waals surface area contributed by atoms with Gasteiger partial charge in [-0.2, -0.15) is 11.8 Å². The van der Waals surface area contributed by atoms with Gasteiger partial charge in [-0.1, -0.05) is 6.07 Å². The van der Waals surface area contributed by atoms with Gasteiger partial charge < -0.3 is 0 Å². The van der Waals surface area contributed by atoms with Crippen LogP contribution in [0.5, 0.6) is 0 Å². The minimum Gasteiger partial charge on any atom is -0.299 e. The molecule has 13 heavy (non-hydrogen) atoms. The van der Waals surface area contributed by atoms with Gasteiger partial charge in [0.1, 0.15) is 5.78 Å². The number of nitrogens with zero attached hydrogens (tertiary/aromatic N) is 1. The third kappa shape index (κ3) is 2.10. The average Bonchev–Trinajstić information content (AvgIpc) is 2.02. The van der Waals surface area contributed by atoms with E-state index in [0.717, 1.165) is 17.2 Å². The van der Waals surface area contributed by atoms with Crippen molar-refractivity contribution in [2.24, 2.45) is 5.92 Å². The van der Waals surface area contributed by atoms with Crippen molar-refractivity contribution >= 4 is 17.5 Å². The molecule has 0 unspecified atom stereocenters. The Balaban J connectivity index is 1.94. The molecule has 0 bridgehead atoms. The fourth-order valence-corrected chi connectivity index (χ4v) is 2.09. The summed E-state index contributed by atoms with van der Waals surface area (Å²) < 4.78 is 0.